The van der Waals surface area contributed by atoms with Gasteiger partial charge < -0.3 is 10.0 Å². The maximum absolute atomic E-state index is 11.0. The van der Waals surface area contributed by atoms with Gasteiger partial charge in [0.1, 0.15) is 6.04 Å². The van der Waals surface area contributed by atoms with E-state index in [1.807, 2.05) is 23.1 Å². The smallest absolute Gasteiger partial charge is 0.326 e. The highest BCUT2D eigenvalue weighted by molar-refractivity contribution is 6.30. The Balaban J connectivity index is 2.26. The lowest BCUT2D eigenvalue weighted by Crippen LogP contribution is -2.35. The highest BCUT2D eigenvalue weighted by Crippen LogP contribution is 2.27. The van der Waals surface area contributed by atoms with Gasteiger partial charge in [0.2, 0.25) is 0 Å². The van der Waals surface area contributed by atoms with Gasteiger partial charge in [-0.15, -0.1) is 0 Å². The largest absolute Gasteiger partial charge is 0.480 e. The molecule has 0 spiro atoms. The number of halogens is 1. The summed E-state index contributed by atoms with van der Waals surface area (Å²) in [7, 11) is 0. The van der Waals surface area contributed by atoms with Crippen LogP contribution in [0.15, 0.2) is 24.3 Å². The number of anilines is 1. The van der Waals surface area contributed by atoms with Crippen LogP contribution in [-0.2, 0) is 4.79 Å². The van der Waals surface area contributed by atoms with Crippen LogP contribution in [0.4, 0.5) is 5.69 Å². The Labute approximate surface area is 93.3 Å². The molecule has 1 N–H and O–H groups in total. The first-order chi connectivity index (χ1) is 7.18. The molecule has 1 aromatic carbocycles. The molecule has 1 saturated heterocycles. The van der Waals surface area contributed by atoms with E-state index in [1.54, 1.807) is 6.07 Å². The molecule has 0 amide bonds. The van der Waals surface area contributed by atoms with Crippen LogP contribution in [0.5, 0.6) is 0 Å². The Kier molecular flexibility index (Phi) is 2.82. The molecule has 80 valence electrons. The summed E-state index contributed by atoms with van der Waals surface area (Å²) in [5.74, 6) is -0.757. The van der Waals surface area contributed by atoms with Gasteiger partial charge in [0, 0.05) is 17.3 Å². The van der Waals surface area contributed by atoms with Crippen LogP contribution < -0.4 is 4.90 Å². The van der Waals surface area contributed by atoms with Gasteiger partial charge in [-0.3, -0.25) is 0 Å². The topological polar surface area (TPSA) is 40.5 Å². The van der Waals surface area contributed by atoms with Crippen molar-refractivity contribution >= 4 is 23.3 Å². The van der Waals surface area contributed by atoms with Crippen LogP contribution in [0.25, 0.3) is 0 Å². The van der Waals surface area contributed by atoms with E-state index in [0.29, 0.717) is 11.4 Å². The predicted octanol–water partition coefficient (Wildman–Crippen LogP) is 2.39. The molecule has 15 heavy (non-hydrogen) atoms. The van der Waals surface area contributed by atoms with Crippen molar-refractivity contribution in [2.24, 2.45) is 0 Å². The number of carboxylic acids is 1. The van der Waals surface area contributed by atoms with Gasteiger partial charge in [0.15, 0.2) is 0 Å². The minimum atomic E-state index is -0.757. The van der Waals surface area contributed by atoms with Gasteiger partial charge in [-0.25, -0.2) is 4.79 Å². The lowest BCUT2D eigenvalue weighted by Gasteiger charge is -2.23. The zero-order valence-electron chi connectivity index (χ0n) is 8.19. The summed E-state index contributed by atoms with van der Waals surface area (Å²) in [5.41, 5.74) is 0.896. The SMILES string of the molecule is O=C(O)C1CCCN1c1cccc(Cl)c1. The van der Waals surface area contributed by atoms with Crippen molar-refractivity contribution in [1.29, 1.82) is 0 Å². The molecule has 2 rings (SSSR count). The van der Waals surface area contributed by atoms with Crippen LogP contribution in [0.2, 0.25) is 5.02 Å². The van der Waals surface area contributed by atoms with Crippen molar-refractivity contribution in [3.05, 3.63) is 29.3 Å². The van der Waals surface area contributed by atoms with E-state index in [-0.39, 0.29) is 0 Å². The third kappa shape index (κ3) is 2.07. The van der Waals surface area contributed by atoms with Crippen molar-refractivity contribution in [3.8, 4) is 0 Å². The van der Waals surface area contributed by atoms with Crippen molar-refractivity contribution in [2.75, 3.05) is 11.4 Å². The second kappa shape index (κ2) is 4.11. The molecule has 1 unspecified atom stereocenters. The zero-order chi connectivity index (χ0) is 10.8. The van der Waals surface area contributed by atoms with Crippen molar-refractivity contribution < 1.29 is 9.90 Å². The maximum Gasteiger partial charge on any atom is 0.326 e. The van der Waals surface area contributed by atoms with Crippen LogP contribution in [0.1, 0.15) is 12.8 Å². The first kappa shape index (κ1) is 10.3. The molecular weight excluding hydrogens is 214 g/mol. The Morgan fingerprint density at radius 2 is 2.33 bits per heavy atom. The Morgan fingerprint density at radius 3 is 3.00 bits per heavy atom. The van der Waals surface area contributed by atoms with E-state index in [2.05, 4.69) is 0 Å². The zero-order valence-corrected chi connectivity index (χ0v) is 8.94. The maximum atomic E-state index is 11.0. The number of rotatable bonds is 2. The summed E-state index contributed by atoms with van der Waals surface area (Å²) in [5, 5.41) is 9.68. The van der Waals surface area contributed by atoms with Gasteiger partial charge in [0.25, 0.3) is 0 Å². The molecular formula is C11H12ClNO2. The van der Waals surface area contributed by atoms with Crippen LogP contribution in [0, 0.1) is 0 Å². The molecule has 1 atom stereocenters. The number of benzene rings is 1. The molecule has 0 aliphatic carbocycles. The number of carboxylic acid groups (broad SMARTS) is 1. The van der Waals surface area contributed by atoms with E-state index in [1.165, 1.54) is 0 Å². The summed E-state index contributed by atoms with van der Waals surface area (Å²) in [6.07, 6.45) is 1.63. The summed E-state index contributed by atoms with van der Waals surface area (Å²) < 4.78 is 0. The highest BCUT2D eigenvalue weighted by Gasteiger charge is 2.30. The van der Waals surface area contributed by atoms with Crippen LogP contribution >= 0.6 is 11.6 Å². The fourth-order valence-corrected chi connectivity index (χ4v) is 2.17. The van der Waals surface area contributed by atoms with Gasteiger partial charge in [-0.1, -0.05) is 17.7 Å². The molecule has 0 aromatic heterocycles. The monoisotopic (exact) mass is 225 g/mol. The van der Waals surface area contributed by atoms with E-state index < -0.39 is 12.0 Å². The molecule has 1 aliphatic rings. The first-order valence-electron chi connectivity index (χ1n) is 4.93. The number of nitrogens with zero attached hydrogens (tertiary/aromatic N) is 1. The molecule has 1 fully saturated rings. The number of hydrogen-bond acceptors (Lipinski definition) is 2. The molecule has 4 heteroatoms. The summed E-state index contributed by atoms with van der Waals surface area (Å²) in [6.45, 7) is 0.789. The van der Waals surface area contributed by atoms with Gasteiger partial charge >= 0.3 is 5.97 Å². The molecule has 0 radical (unpaired) electrons. The number of aliphatic carboxylic acids is 1. The average Bonchev–Trinajstić information content (AvgIpc) is 2.65. The van der Waals surface area contributed by atoms with E-state index in [4.69, 9.17) is 16.7 Å². The first-order valence-corrected chi connectivity index (χ1v) is 5.31. The van der Waals surface area contributed by atoms with Crippen molar-refractivity contribution in [2.45, 2.75) is 18.9 Å². The Morgan fingerprint density at radius 1 is 1.53 bits per heavy atom. The van der Waals surface area contributed by atoms with Crippen molar-refractivity contribution in [3.63, 3.8) is 0 Å². The molecule has 0 saturated carbocycles. The normalized spacial score (nSPS) is 20.6. The molecule has 1 aliphatic heterocycles. The molecule has 1 aromatic rings. The van der Waals surface area contributed by atoms with Gasteiger partial charge in [-0.05, 0) is 31.0 Å². The Hall–Kier alpha value is -1.22. The van der Waals surface area contributed by atoms with Gasteiger partial charge in [-0.2, -0.15) is 0 Å². The van der Waals surface area contributed by atoms with Crippen LogP contribution in [-0.4, -0.2) is 23.7 Å². The average molecular weight is 226 g/mol. The third-order valence-corrected chi connectivity index (χ3v) is 2.91. The Bertz CT molecular complexity index is 381. The summed E-state index contributed by atoms with van der Waals surface area (Å²) >= 11 is 5.88. The molecule has 1 heterocycles. The standard InChI is InChI=1S/C11H12ClNO2/c12-8-3-1-4-9(7-8)13-6-2-5-10(13)11(14)15/h1,3-4,7,10H,2,5-6H2,(H,14,15). The van der Waals surface area contributed by atoms with E-state index in [9.17, 15) is 4.79 Å². The predicted molar refractivity (Wildman–Crippen MR) is 59.5 cm³/mol. The highest BCUT2D eigenvalue weighted by atomic mass is 35.5. The van der Waals surface area contributed by atoms with E-state index >= 15 is 0 Å². The minimum absolute atomic E-state index is 0.400. The number of carbonyl (C=O) groups is 1. The van der Waals surface area contributed by atoms with E-state index in [0.717, 1.165) is 18.7 Å². The second-order valence-electron chi connectivity index (χ2n) is 3.67. The quantitative estimate of drug-likeness (QED) is 0.840. The third-order valence-electron chi connectivity index (χ3n) is 2.68. The van der Waals surface area contributed by atoms with Crippen molar-refractivity contribution in [1.82, 2.24) is 0 Å². The summed E-state index contributed by atoms with van der Waals surface area (Å²) in [4.78, 5) is 12.9. The lowest BCUT2D eigenvalue weighted by atomic mass is 10.2. The number of hydrogen-bond donors (Lipinski definition) is 1. The van der Waals surface area contributed by atoms with Crippen LogP contribution in [0.3, 0.4) is 0 Å². The minimum Gasteiger partial charge on any atom is -0.480 e. The van der Waals surface area contributed by atoms with Gasteiger partial charge in [0.05, 0.1) is 0 Å². The summed E-state index contributed by atoms with van der Waals surface area (Å²) in [6, 6.07) is 6.94. The molecule has 3 nitrogen and oxygen atoms in total. The molecule has 0 bridgehead atoms. The fraction of sp³-hybridized carbons (Fsp3) is 0.364. The lowest BCUT2D eigenvalue weighted by molar-refractivity contribution is -0.138. The second-order valence-corrected chi connectivity index (χ2v) is 4.11. The fourth-order valence-electron chi connectivity index (χ4n) is 1.99.